The molecule has 1 heterocycles. The zero-order valence-corrected chi connectivity index (χ0v) is 11.4. The van der Waals surface area contributed by atoms with Crippen LogP contribution in [0.5, 0.6) is 0 Å². The lowest BCUT2D eigenvalue weighted by Gasteiger charge is -2.40. The van der Waals surface area contributed by atoms with Crippen molar-refractivity contribution in [1.82, 2.24) is 10.2 Å². The molecular formula is C13H26N2O2. The molecule has 4 heteroatoms. The minimum absolute atomic E-state index is 0.223. The molecule has 0 radical (unpaired) electrons. The molecule has 0 aliphatic carbocycles. The predicted molar refractivity (Wildman–Crippen MR) is 69.0 cm³/mol. The summed E-state index contributed by atoms with van der Waals surface area (Å²) in [7, 11) is 1.67. The highest BCUT2D eigenvalue weighted by Crippen LogP contribution is 2.32. The molecule has 0 spiro atoms. The van der Waals surface area contributed by atoms with E-state index < -0.39 is 0 Å². The van der Waals surface area contributed by atoms with Gasteiger partial charge in [0.1, 0.15) is 0 Å². The van der Waals surface area contributed by atoms with Gasteiger partial charge in [0.05, 0.1) is 13.2 Å². The van der Waals surface area contributed by atoms with Crippen LogP contribution in [-0.4, -0.2) is 50.7 Å². The molecule has 1 atom stereocenters. The molecule has 0 bridgehead atoms. The van der Waals surface area contributed by atoms with Gasteiger partial charge < -0.3 is 15.0 Å². The lowest BCUT2D eigenvalue weighted by Crippen LogP contribution is -2.47. The van der Waals surface area contributed by atoms with Gasteiger partial charge in [-0.15, -0.1) is 0 Å². The number of nitrogens with one attached hydrogen (secondary N) is 1. The smallest absolute Gasteiger partial charge is 0.236 e. The highest BCUT2D eigenvalue weighted by molar-refractivity contribution is 5.78. The van der Waals surface area contributed by atoms with Crippen molar-refractivity contribution in [3.63, 3.8) is 0 Å². The molecule has 0 aromatic heterocycles. The zero-order valence-electron chi connectivity index (χ0n) is 11.4. The van der Waals surface area contributed by atoms with Gasteiger partial charge in [-0.2, -0.15) is 0 Å². The van der Waals surface area contributed by atoms with Crippen LogP contribution in [0.15, 0.2) is 0 Å². The van der Waals surface area contributed by atoms with Gasteiger partial charge in [0.15, 0.2) is 0 Å². The summed E-state index contributed by atoms with van der Waals surface area (Å²) in [5.41, 5.74) is 0.320. The first-order valence-electron chi connectivity index (χ1n) is 6.59. The topological polar surface area (TPSA) is 41.6 Å². The second-order valence-corrected chi connectivity index (χ2v) is 5.25. The van der Waals surface area contributed by atoms with E-state index in [1.54, 1.807) is 7.11 Å². The molecule has 1 N–H and O–H groups in total. The number of amides is 1. The van der Waals surface area contributed by atoms with E-state index in [0.29, 0.717) is 18.6 Å². The Bertz CT molecular complexity index is 246. The molecule has 1 fully saturated rings. The third-order valence-electron chi connectivity index (χ3n) is 3.75. The number of hydrogen-bond acceptors (Lipinski definition) is 3. The van der Waals surface area contributed by atoms with Gasteiger partial charge in [-0.25, -0.2) is 0 Å². The first kappa shape index (κ1) is 14.5. The highest BCUT2D eigenvalue weighted by Gasteiger charge is 2.31. The van der Waals surface area contributed by atoms with Gasteiger partial charge in [0.2, 0.25) is 5.91 Å². The standard InChI is InChI=1S/C13H26N2O2/c1-4-13(2)6-5-8-15(11-13)12(16)10-14-7-9-17-3/h14H,4-11H2,1-3H3. The van der Waals surface area contributed by atoms with Crippen molar-refractivity contribution in [1.29, 1.82) is 0 Å². The van der Waals surface area contributed by atoms with E-state index in [-0.39, 0.29) is 5.91 Å². The van der Waals surface area contributed by atoms with Gasteiger partial charge in [-0.1, -0.05) is 13.8 Å². The van der Waals surface area contributed by atoms with Gasteiger partial charge in [0.25, 0.3) is 0 Å². The Morgan fingerprint density at radius 1 is 1.53 bits per heavy atom. The van der Waals surface area contributed by atoms with Gasteiger partial charge in [-0.3, -0.25) is 4.79 Å². The molecule has 0 aromatic rings. The lowest BCUT2D eigenvalue weighted by atomic mass is 9.79. The van der Waals surface area contributed by atoms with Crippen molar-refractivity contribution >= 4 is 5.91 Å². The second-order valence-electron chi connectivity index (χ2n) is 5.25. The molecule has 0 saturated carbocycles. The van der Waals surface area contributed by atoms with Crippen LogP contribution in [0.2, 0.25) is 0 Å². The fourth-order valence-corrected chi connectivity index (χ4v) is 2.30. The Kier molecular flexibility index (Phi) is 5.92. The van der Waals surface area contributed by atoms with Crippen LogP contribution in [0.25, 0.3) is 0 Å². The van der Waals surface area contributed by atoms with E-state index >= 15 is 0 Å². The second kappa shape index (κ2) is 6.97. The maximum absolute atomic E-state index is 12.0. The molecule has 100 valence electrons. The summed E-state index contributed by atoms with van der Waals surface area (Å²) in [5, 5.41) is 3.11. The number of carbonyl (C=O) groups is 1. The minimum atomic E-state index is 0.223. The third kappa shape index (κ3) is 4.64. The quantitative estimate of drug-likeness (QED) is 0.713. The van der Waals surface area contributed by atoms with Gasteiger partial charge in [0, 0.05) is 26.7 Å². The van der Waals surface area contributed by atoms with Crippen LogP contribution in [0.4, 0.5) is 0 Å². The number of hydrogen-bond donors (Lipinski definition) is 1. The maximum Gasteiger partial charge on any atom is 0.236 e. The summed E-state index contributed by atoms with van der Waals surface area (Å²) in [5.74, 6) is 0.223. The zero-order chi connectivity index (χ0) is 12.7. The van der Waals surface area contributed by atoms with Crippen molar-refractivity contribution in [3.8, 4) is 0 Å². The van der Waals surface area contributed by atoms with Crippen molar-refractivity contribution in [2.24, 2.45) is 5.41 Å². The van der Waals surface area contributed by atoms with Crippen molar-refractivity contribution < 1.29 is 9.53 Å². The summed E-state index contributed by atoms with van der Waals surface area (Å²) in [6.45, 7) is 8.15. The minimum Gasteiger partial charge on any atom is -0.383 e. The van der Waals surface area contributed by atoms with Crippen LogP contribution in [0.3, 0.4) is 0 Å². The molecule has 17 heavy (non-hydrogen) atoms. The SMILES string of the molecule is CCC1(C)CCCN(C(=O)CNCCOC)C1. The molecular weight excluding hydrogens is 216 g/mol. The molecule has 1 aliphatic heterocycles. The summed E-state index contributed by atoms with van der Waals surface area (Å²) in [6.07, 6.45) is 3.52. The van der Waals surface area contributed by atoms with E-state index in [2.05, 4.69) is 19.2 Å². The fourth-order valence-electron chi connectivity index (χ4n) is 2.30. The summed E-state index contributed by atoms with van der Waals surface area (Å²) in [6, 6.07) is 0. The third-order valence-corrected chi connectivity index (χ3v) is 3.75. The summed E-state index contributed by atoms with van der Waals surface area (Å²) < 4.78 is 4.93. The Morgan fingerprint density at radius 3 is 2.94 bits per heavy atom. The Balaban J connectivity index is 2.31. The van der Waals surface area contributed by atoms with Gasteiger partial charge in [-0.05, 0) is 24.7 Å². The van der Waals surface area contributed by atoms with E-state index in [0.717, 1.165) is 32.5 Å². The molecule has 1 unspecified atom stereocenters. The Labute approximate surface area is 105 Å². The first-order chi connectivity index (χ1) is 8.11. The van der Waals surface area contributed by atoms with E-state index in [4.69, 9.17) is 4.74 Å². The monoisotopic (exact) mass is 242 g/mol. The largest absolute Gasteiger partial charge is 0.383 e. The molecule has 4 nitrogen and oxygen atoms in total. The van der Waals surface area contributed by atoms with Crippen LogP contribution in [-0.2, 0) is 9.53 Å². The Hall–Kier alpha value is -0.610. The average Bonchev–Trinajstić information content (AvgIpc) is 2.34. The van der Waals surface area contributed by atoms with Gasteiger partial charge >= 0.3 is 0 Å². The molecule has 1 saturated heterocycles. The summed E-state index contributed by atoms with van der Waals surface area (Å²) >= 11 is 0. The lowest BCUT2D eigenvalue weighted by molar-refractivity contribution is -0.133. The van der Waals surface area contributed by atoms with Crippen LogP contribution in [0, 0.1) is 5.41 Å². The normalized spacial score (nSPS) is 25.0. The molecule has 0 aromatic carbocycles. The van der Waals surface area contributed by atoms with E-state index in [1.165, 1.54) is 6.42 Å². The maximum atomic E-state index is 12.0. The fraction of sp³-hybridized carbons (Fsp3) is 0.923. The number of methoxy groups -OCH3 is 1. The summed E-state index contributed by atoms with van der Waals surface area (Å²) in [4.78, 5) is 14.0. The number of rotatable bonds is 6. The van der Waals surface area contributed by atoms with E-state index in [1.807, 2.05) is 4.90 Å². The number of likely N-dealkylation sites (tertiary alicyclic amines) is 1. The number of nitrogens with zero attached hydrogens (tertiary/aromatic N) is 1. The Morgan fingerprint density at radius 2 is 2.29 bits per heavy atom. The highest BCUT2D eigenvalue weighted by atomic mass is 16.5. The molecule has 1 amide bonds. The number of piperidine rings is 1. The average molecular weight is 242 g/mol. The van der Waals surface area contributed by atoms with Crippen LogP contribution in [0.1, 0.15) is 33.1 Å². The molecule has 1 rings (SSSR count). The number of ether oxygens (including phenoxy) is 1. The molecule has 1 aliphatic rings. The van der Waals surface area contributed by atoms with Crippen molar-refractivity contribution in [2.45, 2.75) is 33.1 Å². The van der Waals surface area contributed by atoms with Crippen LogP contribution >= 0.6 is 0 Å². The van der Waals surface area contributed by atoms with Crippen molar-refractivity contribution in [3.05, 3.63) is 0 Å². The predicted octanol–water partition coefficient (Wildman–Crippen LogP) is 1.26. The van der Waals surface area contributed by atoms with E-state index in [9.17, 15) is 4.79 Å². The van der Waals surface area contributed by atoms with Crippen LogP contribution < -0.4 is 5.32 Å². The van der Waals surface area contributed by atoms with Crippen molar-refractivity contribution in [2.75, 3.05) is 39.9 Å². The first-order valence-corrected chi connectivity index (χ1v) is 6.59. The number of carbonyl (C=O) groups excluding carboxylic acids is 1.